The lowest BCUT2D eigenvalue weighted by molar-refractivity contribution is -0.0162. The summed E-state index contributed by atoms with van der Waals surface area (Å²) in [5, 5.41) is 0. The van der Waals surface area contributed by atoms with E-state index in [1.54, 1.807) is 11.8 Å². The van der Waals surface area contributed by atoms with Gasteiger partial charge < -0.3 is 4.74 Å². The molecule has 3 nitrogen and oxygen atoms in total. The molecular formula is C20H29NO2S. The number of benzene rings is 1. The van der Waals surface area contributed by atoms with Crippen molar-refractivity contribution in [3.8, 4) is 0 Å². The van der Waals surface area contributed by atoms with E-state index in [0.717, 1.165) is 31.5 Å². The molecule has 1 heterocycles. The van der Waals surface area contributed by atoms with Crippen LogP contribution in [0.1, 0.15) is 44.0 Å². The number of allylic oxidation sites excluding steroid dienone is 1. The van der Waals surface area contributed by atoms with Crippen LogP contribution in [-0.4, -0.2) is 48.8 Å². The molecule has 1 aliphatic heterocycles. The van der Waals surface area contributed by atoms with Gasteiger partial charge in [0.1, 0.15) is 0 Å². The summed E-state index contributed by atoms with van der Waals surface area (Å²) in [6, 6.07) is 8.04. The number of hydrogen-bond donors (Lipinski definition) is 0. The van der Waals surface area contributed by atoms with Gasteiger partial charge in [0.2, 0.25) is 0 Å². The van der Waals surface area contributed by atoms with Crippen molar-refractivity contribution in [1.82, 2.24) is 4.90 Å². The number of rotatable bonds is 7. The molecule has 24 heavy (non-hydrogen) atoms. The first kappa shape index (κ1) is 19.2. The van der Waals surface area contributed by atoms with Crippen LogP contribution in [0, 0.1) is 0 Å². The van der Waals surface area contributed by atoms with Crippen LogP contribution in [-0.2, 0) is 4.74 Å². The van der Waals surface area contributed by atoms with E-state index in [9.17, 15) is 4.79 Å². The topological polar surface area (TPSA) is 29.5 Å². The Balaban J connectivity index is 2.39. The van der Waals surface area contributed by atoms with E-state index in [4.69, 9.17) is 4.74 Å². The van der Waals surface area contributed by atoms with Crippen LogP contribution in [0.3, 0.4) is 0 Å². The number of nitrogens with zero attached hydrogens (tertiary/aromatic N) is 1. The summed E-state index contributed by atoms with van der Waals surface area (Å²) in [4.78, 5) is 17.1. The number of ether oxygens (including phenoxy) is 1. The zero-order valence-electron chi connectivity index (χ0n) is 15.3. The minimum Gasteiger partial charge on any atom is -0.379 e. The lowest BCUT2D eigenvalue weighted by Crippen LogP contribution is -2.58. The normalized spacial score (nSPS) is 19.1. The highest BCUT2D eigenvalue weighted by Crippen LogP contribution is 2.33. The number of thioether (sulfide) groups is 1. The quantitative estimate of drug-likeness (QED) is 0.415. The number of morpholine rings is 1. The number of carbonyl (C=O) groups is 1. The Morgan fingerprint density at radius 2 is 1.92 bits per heavy atom. The highest BCUT2D eigenvalue weighted by molar-refractivity contribution is 7.98. The predicted octanol–water partition coefficient (Wildman–Crippen LogP) is 4.43. The van der Waals surface area contributed by atoms with Crippen molar-refractivity contribution in [2.45, 2.75) is 44.0 Å². The lowest BCUT2D eigenvalue weighted by Gasteiger charge is -2.44. The van der Waals surface area contributed by atoms with Crippen LogP contribution in [0.2, 0.25) is 0 Å². The van der Waals surface area contributed by atoms with Gasteiger partial charge in [-0.05, 0) is 45.1 Å². The van der Waals surface area contributed by atoms with Gasteiger partial charge in [-0.2, -0.15) is 0 Å². The SMILES string of the molecule is CC=C(C)CC(CC)(C(=O)c1ccc(SC)cc1)N1CCOCC1. The molecule has 1 aromatic rings. The minimum atomic E-state index is -0.471. The second-order valence-electron chi connectivity index (χ2n) is 6.35. The van der Waals surface area contributed by atoms with Gasteiger partial charge in [-0.25, -0.2) is 0 Å². The molecule has 0 saturated carbocycles. The van der Waals surface area contributed by atoms with Crippen molar-refractivity contribution in [2.24, 2.45) is 0 Å². The molecule has 0 N–H and O–H groups in total. The Labute approximate surface area is 150 Å². The van der Waals surface area contributed by atoms with Crippen LogP contribution in [0.5, 0.6) is 0 Å². The van der Waals surface area contributed by atoms with Crippen molar-refractivity contribution in [3.63, 3.8) is 0 Å². The summed E-state index contributed by atoms with van der Waals surface area (Å²) in [6.07, 6.45) is 5.76. The third kappa shape index (κ3) is 4.11. The first-order valence-corrected chi connectivity index (χ1v) is 9.93. The predicted molar refractivity (Wildman–Crippen MR) is 102 cm³/mol. The molecule has 1 aliphatic rings. The van der Waals surface area contributed by atoms with E-state index in [1.807, 2.05) is 31.2 Å². The molecule has 1 saturated heterocycles. The van der Waals surface area contributed by atoms with Gasteiger partial charge in [0.25, 0.3) is 0 Å². The Kier molecular flexibility index (Phi) is 7.08. The summed E-state index contributed by atoms with van der Waals surface area (Å²) in [5.41, 5.74) is 1.60. The maximum absolute atomic E-state index is 13.5. The average Bonchev–Trinajstić information content (AvgIpc) is 2.66. The molecule has 2 rings (SSSR count). The van der Waals surface area contributed by atoms with Crippen LogP contribution in [0.4, 0.5) is 0 Å². The van der Waals surface area contributed by atoms with Crippen molar-refractivity contribution in [1.29, 1.82) is 0 Å². The zero-order valence-corrected chi connectivity index (χ0v) is 16.1. The van der Waals surface area contributed by atoms with Crippen LogP contribution in [0.15, 0.2) is 40.8 Å². The van der Waals surface area contributed by atoms with E-state index in [2.05, 4.69) is 31.1 Å². The monoisotopic (exact) mass is 347 g/mol. The van der Waals surface area contributed by atoms with Gasteiger partial charge in [-0.15, -0.1) is 11.8 Å². The van der Waals surface area contributed by atoms with Gasteiger partial charge in [-0.3, -0.25) is 9.69 Å². The van der Waals surface area contributed by atoms with Gasteiger partial charge in [0.05, 0.1) is 18.8 Å². The molecular weight excluding hydrogens is 318 g/mol. The summed E-state index contributed by atoms with van der Waals surface area (Å²) >= 11 is 1.70. The molecule has 1 unspecified atom stereocenters. The second-order valence-corrected chi connectivity index (χ2v) is 7.23. The molecule has 132 valence electrons. The lowest BCUT2D eigenvalue weighted by atomic mass is 9.79. The van der Waals surface area contributed by atoms with E-state index in [1.165, 1.54) is 10.5 Å². The number of carbonyl (C=O) groups excluding carboxylic acids is 1. The number of hydrogen-bond acceptors (Lipinski definition) is 4. The van der Waals surface area contributed by atoms with Crippen LogP contribution in [0.25, 0.3) is 0 Å². The number of ketones is 1. The van der Waals surface area contributed by atoms with Crippen molar-refractivity contribution in [2.75, 3.05) is 32.6 Å². The fraction of sp³-hybridized carbons (Fsp3) is 0.550. The average molecular weight is 348 g/mol. The van der Waals surface area contributed by atoms with Crippen molar-refractivity contribution in [3.05, 3.63) is 41.5 Å². The van der Waals surface area contributed by atoms with E-state index >= 15 is 0 Å². The molecule has 1 aromatic carbocycles. The van der Waals surface area contributed by atoms with E-state index in [0.29, 0.717) is 13.2 Å². The fourth-order valence-electron chi connectivity index (χ4n) is 3.41. The largest absolute Gasteiger partial charge is 0.379 e. The van der Waals surface area contributed by atoms with E-state index < -0.39 is 5.54 Å². The fourth-order valence-corrected chi connectivity index (χ4v) is 3.82. The number of Topliss-reactive ketones (excluding diaryl/α,β-unsaturated/α-hetero) is 1. The summed E-state index contributed by atoms with van der Waals surface area (Å²) < 4.78 is 5.52. The zero-order chi connectivity index (χ0) is 17.6. The highest BCUT2D eigenvalue weighted by atomic mass is 32.2. The highest BCUT2D eigenvalue weighted by Gasteiger charge is 2.43. The summed E-state index contributed by atoms with van der Waals surface area (Å²) in [5.74, 6) is 0.237. The molecule has 1 fully saturated rings. The Morgan fingerprint density at radius 1 is 1.29 bits per heavy atom. The third-order valence-electron chi connectivity index (χ3n) is 5.04. The minimum absolute atomic E-state index is 0.237. The molecule has 0 spiro atoms. The Bertz CT molecular complexity index is 576. The molecule has 0 aromatic heterocycles. The van der Waals surface area contributed by atoms with Crippen molar-refractivity contribution >= 4 is 17.5 Å². The summed E-state index contributed by atoms with van der Waals surface area (Å²) in [6.45, 7) is 9.35. The van der Waals surface area contributed by atoms with Gasteiger partial charge in [0, 0.05) is 23.5 Å². The van der Waals surface area contributed by atoms with Crippen LogP contribution < -0.4 is 0 Å². The maximum Gasteiger partial charge on any atom is 0.183 e. The third-order valence-corrected chi connectivity index (χ3v) is 5.78. The first-order valence-electron chi connectivity index (χ1n) is 8.71. The molecule has 0 radical (unpaired) electrons. The maximum atomic E-state index is 13.5. The van der Waals surface area contributed by atoms with Crippen molar-refractivity contribution < 1.29 is 9.53 Å². The van der Waals surface area contributed by atoms with Gasteiger partial charge in [-0.1, -0.05) is 30.7 Å². The van der Waals surface area contributed by atoms with Gasteiger partial charge in [0.15, 0.2) is 5.78 Å². The molecule has 0 aliphatic carbocycles. The molecule has 4 heteroatoms. The second kappa shape index (κ2) is 8.84. The van der Waals surface area contributed by atoms with E-state index in [-0.39, 0.29) is 5.78 Å². The van der Waals surface area contributed by atoms with Crippen LogP contribution >= 0.6 is 11.8 Å². The molecule has 1 atom stereocenters. The first-order chi connectivity index (χ1) is 11.6. The van der Waals surface area contributed by atoms with Gasteiger partial charge >= 0.3 is 0 Å². The standard InChI is InChI=1S/C20H29NO2S/c1-5-16(3)15-20(6-2,21-11-13-23-14-12-21)19(22)17-7-9-18(24-4)10-8-17/h5,7-10H,6,11-15H2,1-4H3. The molecule has 0 bridgehead atoms. The summed E-state index contributed by atoms with van der Waals surface area (Å²) in [7, 11) is 0. The smallest absolute Gasteiger partial charge is 0.183 e. The molecule has 0 amide bonds. The Morgan fingerprint density at radius 3 is 2.42 bits per heavy atom. The Hall–Kier alpha value is -1.10.